The zero-order valence-corrected chi connectivity index (χ0v) is 8.30. The Balaban J connectivity index is 2.40. The molecule has 0 aliphatic rings. The first-order valence-corrected chi connectivity index (χ1v) is 4.43. The standard InChI is InChI=1S/C9H14N2O3/c1-7(2)11-4-3-8(10-11)5-14-6-9(12)13/h3-4,7H,5-6H2,1-2H3,(H,12,13). The summed E-state index contributed by atoms with van der Waals surface area (Å²) in [5.41, 5.74) is 0.750. The third-order valence-corrected chi connectivity index (χ3v) is 1.67. The van der Waals surface area contributed by atoms with Crippen molar-refractivity contribution in [2.75, 3.05) is 6.61 Å². The molecule has 0 saturated carbocycles. The van der Waals surface area contributed by atoms with Gasteiger partial charge in [0, 0.05) is 12.2 Å². The lowest BCUT2D eigenvalue weighted by atomic mass is 10.4. The van der Waals surface area contributed by atoms with E-state index >= 15 is 0 Å². The average Bonchev–Trinajstić information content (AvgIpc) is 2.52. The summed E-state index contributed by atoms with van der Waals surface area (Å²) < 4.78 is 6.70. The summed E-state index contributed by atoms with van der Waals surface area (Å²) in [6, 6.07) is 2.13. The number of aromatic nitrogens is 2. The second kappa shape index (κ2) is 4.76. The van der Waals surface area contributed by atoms with Crippen LogP contribution in [0.3, 0.4) is 0 Å². The molecular formula is C9H14N2O3. The number of carbonyl (C=O) groups is 1. The molecule has 0 unspecified atom stereocenters. The smallest absolute Gasteiger partial charge is 0.329 e. The van der Waals surface area contributed by atoms with E-state index in [1.807, 2.05) is 26.1 Å². The summed E-state index contributed by atoms with van der Waals surface area (Å²) in [7, 11) is 0. The molecule has 0 bridgehead atoms. The highest BCUT2D eigenvalue weighted by molar-refractivity contribution is 5.67. The number of hydrogen-bond donors (Lipinski definition) is 1. The third-order valence-electron chi connectivity index (χ3n) is 1.67. The van der Waals surface area contributed by atoms with Gasteiger partial charge in [-0.2, -0.15) is 5.10 Å². The van der Waals surface area contributed by atoms with E-state index in [0.29, 0.717) is 6.04 Å². The van der Waals surface area contributed by atoms with Crippen molar-refractivity contribution in [3.05, 3.63) is 18.0 Å². The monoisotopic (exact) mass is 198 g/mol. The van der Waals surface area contributed by atoms with Crippen LogP contribution in [0.2, 0.25) is 0 Å². The zero-order valence-electron chi connectivity index (χ0n) is 8.30. The molecule has 1 aromatic heterocycles. The molecule has 0 spiro atoms. The van der Waals surface area contributed by atoms with Gasteiger partial charge in [-0.05, 0) is 19.9 Å². The van der Waals surface area contributed by atoms with Crippen LogP contribution in [0.4, 0.5) is 0 Å². The summed E-state index contributed by atoms with van der Waals surface area (Å²) in [6.45, 7) is 4.00. The van der Waals surface area contributed by atoms with Gasteiger partial charge in [0.25, 0.3) is 0 Å². The van der Waals surface area contributed by atoms with E-state index in [0.717, 1.165) is 5.69 Å². The predicted octanol–water partition coefficient (Wildman–Crippen LogP) is 1.07. The SMILES string of the molecule is CC(C)n1ccc(COCC(=O)O)n1. The fourth-order valence-electron chi connectivity index (χ4n) is 0.985. The van der Waals surface area contributed by atoms with Crippen LogP contribution < -0.4 is 0 Å². The van der Waals surface area contributed by atoms with Crippen LogP contribution >= 0.6 is 0 Å². The molecule has 78 valence electrons. The maximum Gasteiger partial charge on any atom is 0.329 e. The molecule has 1 aromatic rings. The minimum atomic E-state index is -0.965. The van der Waals surface area contributed by atoms with Gasteiger partial charge in [-0.3, -0.25) is 4.68 Å². The Morgan fingerprint density at radius 1 is 1.71 bits per heavy atom. The van der Waals surface area contributed by atoms with Gasteiger partial charge < -0.3 is 9.84 Å². The van der Waals surface area contributed by atoms with Crippen molar-refractivity contribution < 1.29 is 14.6 Å². The molecule has 0 fully saturated rings. The summed E-state index contributed by atoms with van der Waals surface area (Å²) >= 11 is 0. The number of ether oxygens (including phenoxy) is 1. The van der Waals surface area contributed by atoms with Gasteiger partial charge in [-0.25, -0.2) is 4.79 Å². The van der Waals surface area contributed by atoms with E-state index < -0.39 is 5.97 Å². The van der Waals surface area contributed by atoms with Crippen molar-refractivity contribution in [2.24, 2.45) is 0 Å². The van der Waals surface area contributed by atoms with Crippen LogP contribution in [0, 0.1) is 0 Å². The Labute approximate surface area is 82.3 Å². The van der Waals surface area contributed by atoms with Gasteiger partial charge in [0.05, 0.1) is 12.3 Å². The molecule has 0 aliphatic heterocycles. The van der Waals surface area contributed by atoms with Crippen LogP contribution in [0.5, 0.6) is 0 Å². The third kappa shape index (κ3) is 3.18. The molecule has 1 heterocycles. The first-order chi connectivity index (χ1) is 6.59. The quantitative estimate of drug-likeness (QED) is 0.768. The van der Waals surface area contributed by atoms with E-state index in [1.54, 1.807) is 4.68 Å². The fraction of sp³-hybridized carbons (Fsp3) is 0.556. The van der Waals surface area contributed by atoms with Crippen molar-refractivity contribution in [1.82, 2.24) is 9.78 Å². The minimum absolute atomic E-state index is 0.242. The lowest BCUT2D eigenvalue weighted by Crippen LogP contribution is -2.07. The van der Waals surface area contributed by atoms with Gasteiger partial charge in [0.15, 0.2) is 0 Å². The molecule has 0 aromatic carbocycles. The van der Waals surface area contributed by atoms with Crippen LogP contribution in [-0.2, 0) is 16.1 Å². The number of aliphatic carboxylic acids is 1. The second-order valence-corrected chi connectivity index (χ2v) is 3.27. The maximum absolute atomic E-state index is 10.2. The minimum Gasteiger partial charge on any atom is -0.480 e. The Morgan fingerprint density at radius 3 is 2.93 bits per heavy atom. The summed E-state index contributed by atoms with van der Waals surface area (Å²) in [6.07, 6.45) is 1.85. The van der Waals surface area contributed by atoms with Crippen LogP contribution in [-0.4, -0.2) is 27.5 Å². The lowest BCUT2D eigenvalue weighted by molar-refractivity contribution is -0.142. The lowest BCUT2D eigenvalue weighted by Gasteiger charge is -2.03. The molecule has 0 radical (unpaired) electrons. The number of rotatable bonds is 5. The molecule has 0 atom stereocenters. The Bertz CT molecular complexity index is 307. The van der Waals surface area contributed by atoms with Gasteiger partial charge in [-0.1, -0.05) is 0 Å². The molecule has 1 N–H and O–H groups in total. The second-order valence-electron chi connectivity index (χ2n) is 3.27. The highest BCUT2D eigenvalue weighted by atomic mass is 16.5. The Morgan fingerprint density at radius 2 is 2.43 bits per heavy atom. The van der Waals surface area contributed by atoms with E-state index in [9.17, 15) is 4.79 Å². The zero-order chi connectivity index (χ0) is 10.6. The molecule has 0 amide bonds. The summed E-state index contributed by atoms with van der Waals surface area (Å²) in [5, 5.41) is 12.5. The van der Waals surface area contributed by atoms with Crippen LogP contribution in [0.1, 0.15) is 25.6 Å². The van der Waals surface area contributed by atoms with E-state index in [-0.39, 0.29) is 13.2 Å². The van der Waals surface area contributed by atoms with E-state index in [2.05, 4.69) is 5.10 Å². The molecule has 5 heteroatoms. The number of carboxylic acids is 1. The molecule has 1 rings (SSSR count). The number of nitrogens with zero attached hydrogens (tertiary/aromatic N) is 2. The van der Waals surface area contributed by atoms with Crippen molar-refractivity contribution in [3.63, 3.8) is 0 Å². The summed E-state index contributed by atoms with van der Waals surface area (Å²) in [5.74, 6) is -0.965. The van der Waals surface area contributed by atoms with Crippen LogP contribution in [0.15, 0.2) is 12.3 Å². The van der Waals surface area contributed by atoms with Gasteiger partial charge in [0.1, 0.15) is 6.61 Å². The fourth-order valence-corrected chi connectivity index (χ4v) is 0.985. The highest BCUT2D eigenvalue weighted by Gasteiger charge is 2.03. The predicted molar refractivity (Wildman–Crippen MR) is 49.9 cm³/mol. The first-order valence-electron chi connectivity index (χ1n) is 4.43. The summed E-state index contributed by atoms with van der Waals surface area (Å²) in [4.78, 5) is 10.2. The normalized spacial score (nSPS) is 10.8. The molecule has 14 heavy (non-hydrogen) atoms. The maximum atomic E-state index is 10.2. The van der Waals surface area contributed by atoms with Crippen molar-refractivity contribution in [1.29, 1.82) is 0 Å². The van der Waals surface area contributed by atoms with Gasteiger partial charge in [0.2, 0.25) is 0 Å². The number of hydrogen-bond acceptors (Lipinski definition) is 3. The molecule has 5 nitrogen and oxygen atoms in total. The van der Waals surface area contributed by atoms with E-state index in [1.165, 1.54) is 0 Å². The molecule has 0 saturated heterocycles. The highest BCUT2D eigenvalue weighted by Crippen LogP contribution is 2.04. The van der Waals surface area contributed by atoms with E-state index in [4.69, 9.17) is 9.84 Å². The van der Waals surface area contributed by atoms with Crippen molar-refractivity contribution in [2.45, 2.75) is 26.5 Å². The average molecular weight is 198 g/mol. The Kier molecular flexibility index (Phi) is 3.64. The van der Waals surface area contributed by atoms with Gasteiger partial charge in [-0.15, -0.1) is 0 Å². The molecule has 0 aliphatic carbocycles. The van der Waals surface area contributed by atoms with Crippen LogP contribution in [0.25, 0.3) is 0 Å². The van der Waals surface area contributed by atoms with Crippen molar-refractivity contribution >= 4 is 5.97 Å². The Hall–Kier alpha value is -1.36. The first kappa shape index (κ1) is 10.7. The largest absolute Gasteiger partial charge is 0.480 e. The van der Waals surface area contributed by atoms with Crippen molar-refractivity contribution in [3.8, 4) is 0 Å². The molecular weight excluding hydrogens is 184 g/mol. The van der Waals surface area contributed by atoms with Gasteiger partial charge >= 0.3 is 5.97 Å². The topological polar surface area (TPSA) is 64.3 Å². The number of carboxylic acid groups (broad SMARTS) is 1.